The van der Waals surface area contributed by atoms with E-state index in [1.165, 1.54) is 34.6 Å². The van der Waals surface area contributed by atoms with E-state index in [1.807, 2.05) is 26.0 Å². The number of rotatable bonds is 4. The number of nitrogens with two attached hydrogens (primary N) is 1. The maximum Gasteiger partial charge on any atom is 0.336 e. The van der Waals surface area contributed by atoms with Crippen LogP contribution in [0, 0.1) is 19.7 Å². The first-order chi connectivity index (χ1) is 13.4. The largest absolute Gasteiger partial charge is 0.422 e. The zero-order valence-corrected chi connectivity index (χ0v) is 16.1. The quantitative estimate of drug-likeness (QED) is 0.321. The van der Waals surface area contributed by atoms with Gasteiger partial charge < -0.3 is 10.3 Å². The molecule has 0 saturated heterocycles. The summed E-state index contributed by atoms with van der Waals surface area (Å²) in [7, 11) is 0. The summed E-state index contributed by atoms with van der Waals surface area (Å²) in [6, 6.07) is 11.4. The molecule has 6 nitrogen and oxygen atoms in total. The van der Waals surface area contributed by atoms with Gasteiger partial charge in [0.05, 0.1) is 0 Å². The second kappa shape index (κ2) is 7.12. The molecule has 0 unspecified atom stereocenters. The fraction of sp³-hybridized carbons (Fsp3) is 0.150. The zero-order chi connectivity index (χ0) is 19.8. The van der Waals surface area contributed by atoms with Crippen LogP contribution in [-0.4, -0.2) is 14.9 Å². The number of nitrogens with zero attached hydrogens (tertiary/aromatic N) is 3. The van der Waals surface area contributed by atoms with Crippen LogP contribution >= 0.6 is 11.8 Å². The first kappa shape index (κ1) is 18.2. The molecule has 0 aliphatic heterocycles. The summed E-state index contributed by atoms with van der Waals surface area (Å²) < 4.78 is 20.2. The lowest BCUT2D eigenvalue weighted by atomic mass is 10.0. The number of thioether (sulfide) groups is 1. The number of hydrogen-bond donors (Lipinski definition) is 1. The smallest absolute Gasteiger partial charge is 0.336 e. The van der Waals surface area contributed by atoms with Gasteiger partial charge in [0.1, 0.15) is 11.4 Å². The molecule has 2 N–H and O–H groups in total. The van der Waals surface area contributed by atoms with Gasteiger partial charge in [0.15, 0.2) is 5.82 Å². The minimum Gasteiger partial charge on any atom is -0.422 e. The van der Waals surface area contributed by atoms with Crippen molar-refractivity contribution in [3.8, 4) is 11.4 Å². The number of nitrogen functional groups attached to an aromatic ring is 1. The number of benzene rings is 2. The van der Waals surface area contributed by atoms with Crippen LogP contribution in [0.5, 0.6) is 0 Å². The van der Waals surface area contributed by atoms with Crippen LogP contribution in [-0.2, 0) is 5.75 Å². The maximum atomic E-state index is 13.5. The third kappa shape index (κ3) is 3.27. The molecule has 0 saturated carbocycles. The van der Waals surface area contributed by atoms with E-state index in [1.54, 1.807) is 12.1 Å². The van der Waals surface area contributed by atoms with Crippen LogP contribution in [0.2, 0.25) is 0 Å². The predicted molar refractivity (Wildman–Crippen MR) is 107 cm³/mol. The predicted octanol–water partition coefficient (Wildman–Crippen LogP) is 3.81. The molecule has 4 aromatic rings. The lowest BCUT2D eigenvalue weighted by Gasteiger charge is -2.09. The van der Waals surface area contributed by atoms with Crippen LogP contribution in [0.3, 0.4) is 0 Å². The Hall–Kier alpha value is -3.13. The van der Waals surface area contributed by atoms with Crippen molar-refractivity contribution in [2.24, 2.45) is 0 Å². The highest BCUT2D eigenvalue weighted by molar-refractivity contribution is 7.98. The highest BCUT2D eigenvalue weighted by atomic mass is 32.2. The summed E-state index contributed by atoms with van der Waals surface area (Å²) in [4.78, 5) is 12.0. The molecule has 0 spiro atoms. The second-order valence-corrected chi connectivity index (χ2v) is 7.39. The fourth-order valence-electron chi connectivity index (χ4n) is 2.99. The van der Waals surface area contributed by atoms with Gasteiger partial charge in [0.2, 0.25) is 5.16 Å². The first-order valence-corrected chi connectivity index (χ1v) is 9.55. The summed E-state index contributed by atoms with van der Waals surface area (Å²) in [5.74, 6) is 6.56. The van der Waals surface area contributed by atoms with Crippen LogP contribution in [0.1, 0.15) is 16.7 Å². The van der Waals surface area contributed by atoms with E-state index in [9.17, 15) is 9.18 Å². The Morgan fingerprint density at radius 1 is 1.18 bits per heavy atom. The first-order valence-electron chi connectivity index (χ1n) is 8.56. The fourth-order valence-corrected chi connectivity index (χ4v) is 3.83. The molecule has 28 heavy (non-hydrogen) atoms. The summed E-state index contributed by atoms with van der Waals surface area (Å²) in [5, 5.41) is 9.50. The van der Waals surface area contributed by atoms with E-state index in [0.29, 0.717) is 27.9 Å². The van der Waals surface area contributed by atoms with E-state index in [-0.39, 0.29) is 5.82 Å². The minimum atomic E-state index is -0.397. The van der Waals surface area contributed by atoms with Gasteiger partial charge in [-0.05, 0) is 42.7 Å². The zero-order valence-electron chi connectivity index (χ0n) is 15.3. The SMILES string of the molecule is Cc1ccc2c(CSc3nnc(-c4cccc(F)c4)n3N)cc(=O)oc2c1C. The Morgan fingerprint density at radius 2 is 2.00 bits per heavy atom. The standard InChI is InChI=1S/C20H17FN4O2S/c1-11-6-7-16-14(9-17(26)27-18(16)12(11)2)10-28-20-24-23-19(25(20)22)13-4-3-5-15(21)8-13/h3-9H,10,22H2,1-2H3. The average molecular weight is 396 g/mol. The van der Waals surface area contributed by atoms with Crippen molar-refractivity contribution in [2.75, 3.05) is 5.84 Å². The highest BCUT2D eigenvalue weighted by Crippen LogP contribution is 2.29. The Kier molecular flexibility index (Phi) is 4.64. The molecule has 0 fully saturated rings. The molecular weight excluding hydrogens is 379 g/mol. The van der Waals surface area contributed by atoms with Crippen molar-refractivity contribution in [1.29, 1.82) is 0 Å². The molecule has 0 bridgehead atoms. The van der Waals surface area contributed by atoms with Gasteiger partial charge in [-0.15, -0.1) is 10.2 Å². The normalized spacial score (nSPS) is 11.2. The summed E-state index contributed by atoms with van der Waals surface area (Å²) in [5.41, 5.74) is 3.57. The molecule has 8 heteroatoms. The van der Waals surface area contributed by atoms with Crippen LogP contribution < -0.4 is 11.5 Å². The lowest BCUT2D eigenvalue weighted by Crippen LogP contribution is -2.11. The molecule has 4 rings (SSSR count). The Bertz CT molecular complexity index is 1250. The number of fused-ring (bicyclic) bond motifs is 1. The number of aryl methyl sites for hydroxylation is 2. The molecule has 142 valence electrons. The van der Waals surface area contributed by atoms with Crippen LogP contribution in [0.4, 0.5) is 4.39 Å². The summed E-state index contributed by atoms with van der Waals surface area (Å²) >= 11 is 1.34. The summed E-state index contributed by atoms with van der Waals surface area (Å²) in [6.07, 6.45) is 0. The van der Waals surface area contributed by atoms with Gasteiger partial charge in [-0.1, -0.05) is 36.0 Å². The molecular formula is C20H17FN4O2S. The van der Waals surface area contributed by atoms with E-state index in [0.717, 1.165) is 22.1 Å². The molecule has 0 amide bonds. The van der Waals surface area contributed by atoms with E-state index >= 15 is 0 Å². The van der Waals surface area contributed by atoms with Crippen molar-refractivity contribution in [3.63, 3.8) is 0 Å². The second-order valence-electron chi connectivity index (χ2n) is 6.45. The molecule has 0 aliphatic carbocycles. The topological polar surface area (TPSA) is 86.9 Å². The van der Waals surface area contributed by atoms with Gasteiger partial charge in [-0.3, -0.25) is 0 Å². The third-order valence-electron chi connectivity index (χ3n) is 4.62. The Morgan fingerprint density at radius 3 is 2.79 bits per heavy atom. The molecule has 0 radical (unpaired) electrons. The van der Waals surface area contributed by atoms with Gasteiger partial charge in [-0.25, -0.2) is 13.9 Å². The van der Waals surface area contributed by atoms with Gasteiger partial charge in [-0.2, -0.15) is 0 Å². The van der Waals surface area contributed by atoms with Gasteiger partial charge in [0, 0.05) is 22.8 Å². The van der Waals surface area contributed by atoms with Gasteiger partial charge >= 0.3 is 5.63 Å². The van der Waals surface area contributed by atoms with E-state index in [4.69, 9.17) is 10.3 Å². The minimum absolute atomic E-state index is 0.367. The van der Waals surface area contributed by atoms with Crippen molar-refractivity contribution in [3.05, 3.63) is 75.4 Å². The monoisotopic (exact) mass is 396 g/mol. The molecule has 2 aromatic heterocycles. The Balaban J connectivity index is 1.66. The van der Waals surface area contributed by atoms with Crippen molar-refractivity contribution >= 4 is 22.7 Å². The molecule has 2 aromatic carbocycles. The van der Waals surface area contributed by atoms with Crippen molar-refractivity contribution in [2.45, 2.75) is 24.8 Å². The summed E-state index contributed by atoms with van der Waals surface area (Å²) in [6.45, 7) is 3.90. The lowest BCUT2D eigenvalue weighted by molar-refractivity contribution is 0.557. The highest BCUT2D eigenvalue weighted by Gasteiger charge is 2.15. The van der Waals surface area contributed by atoms with Crippen LogP contribution in [0.25, 0.3) is 22.4 Å². The van der Waals surface area contributed by atoms with Gasteiger partial charge in [0.25, 0.3) is 0 Å². The maximum absolute atomic E-state index is 13.5. The van der Waals surface area contributed by atoms with Crippen molar-refractivity contribution in [1.82, 2.24) is 14.9 Å². The van der Waals surface area contributed by atoms with Crippen LogP contribution in [0.15, 0.2) is 56.8 Å². The third-order valence-corrected chi connectivity index (χ3v) is 5.61. The average Bonchev–Trinajstić information content (AvgIpc) is 3.03. The van der Waals surface area contributed by atoms with Crippen molar-refractivity contribution < 1.29 is 8.81 Å². The molecule has 2 heterocycles. The van der Waals surface area contributed by atoms with E-state index in [2.05, 4.69) is 10.2 Å². The van der Waals surface area contributed by atoms with E-state index < -0.39 is 5.63 Å². The number of aromatic nitrogens is 3. The Labute approximate surface area is 164 Å². The molecule has 0 atom stereocenters. The number of hydrogen-bond acceptors (Lipinski definition) is 6. The molecule has 0 aliphatic rings. The number of halogens is 1.